The normalized spacial score (nSPS) is 24.1. The van der Waals surface area contributed by atoms with Crippen molar-refractivity contribution in [1.29, 1.82) is 0 Å². The van der Waals surface area contributed by atoms with Crippen LogP contribution in [0.2, 0.25) is 0 Å². The third-order valence-electron chi connectivity index (χ3n) is 8.41. The largest absolute Gasteiger partial charge is 0.381 e. The van der Waals surface area contributed by atoms with Crippen LogP contribution < -0.4 is 15.8 Å². The van der Waals surface area contributed by atoms with Crippen molar-refractivity contribution >= 4 is 23.3 Å². The number of pyridine rings is 2. The summed E-state index contributed by atoms with van der Waals surface area (Å²) in [5.74, 6) is 2.14. The van der Waals surface area contributed by atoms with Gasteiger partial charge in [0.1, 0.15) is 11.6 Å². The third kappa shape index (κ3) is 5.00. The van der Waals surface area contributed by atoms with Crippen LogP contribution in [0.15, 0.2) is 47.5 Å². The molecule has 3 aliphatic rings. The molecule has 2 atom stereocenters. The summed E-state index contributed by atoms with van der Waals surface area (Å²) >= 11 is 0. The summed E-state index contributed by atoms with van der Waals surface area (Å²) in [5, 5.41) is 3.28. The SMILES string of the molecule is CN(C)Cc1cccc(N2c3nc(Nc4ccn(C5CCOCC5)c(=O)c4)ncc3[C@@]3(C)COC(C)(C)C[C@@H]23)n1. The van der Waals surface area contributed by atoms with E-state index in [1.165, 1.54) is 0 Å². The van der Waals surface area contributed by atoms with E-state index in [2.05, 4.69) is 59.1 Å². The average molecular weight is 546 g/mol. The summed E-state index contributed by atoms with van der Waals surface area (Å²) in [7, 11) is 4.09. The molecule has 0 saturated carbocycles. The highest BCUT2D eigenvalue weighted by molar-refractivity contribution is 5.71. The topological polar surface area (TPSA) is 97.6 Å². The highest BCUT2D eigenvalue weighted by Crippen LogP contribution is 2.52. The van der Waals surface area contributed by atoms with Gasteiger partial charge in [-0.2, -0.15) is 4.98 Å². The van der Waals surface area contributed by atoms with Gasteiger partial charge in [0.05, 0.1) is 23.9 Å². The summed E-state index contributed by atoms with van der Waals surface area (Å²) in [6, 6.07) is 10.00. The first-order valence-corrected chi connectivity index (χ1v) is 14.1. The summed E-state index contributed by atoms with van der Waals surface area (Å²) in [6.07, 6.45) is 6.29. The Morgan fingerprint density at radius 2 is 1.93 bits per heavy atom. The number of hydrogen-bond acceptors (Lipinski definition) is 9. The van der Waals surface area contributed by atoms with Crippen LogP contribution in [-0.2, 0) is 21.4 Å². The maximum atomic E-state index is 12.9. The second-order valence-electron chi connectivity index (χ2n) is 12.3. The monoisotopic (exact) mass is 545 g/mol. The smallest absolute Gasteiger partial charge is 0.252 e. The number of nitrogens with one attached hydrogen (secondary N) is 1. The minimum Gasteiger partial charge on any atom is -0.381 e. The fraction of sp³-hybridized carbons (Fsp3) is 0.533. The van der Waals surface area contributed by atoms with E-state index in [4.69, 9.17) is 19.4 Å². The zero-order valence-corrected chi connectivity index (χ0v) is 24.1. The van der Waals surface area contributed by atoms with E-state index in [1.807, 2.05) is 32.6 Å². The molecule has 2 fully saturated rings. The Balaban J connectivity index is 1.35. The molecule has 0 unspecified atom stereocenters. The van der Waals surface area contributed by atoms with E-state index in [1.54, 1.807) is 10.6 Å². The molecule has 3 aromatic rings. The van der Waals surface area contributed by atoms with Gasteiger partial charge in [-0.15, -0.1) is 0 Å². The van der Waals surface area contributed by atoms with Crippen LogP contribution in [0.3, 0.4) is 0 Å². The van der Waals surface area contributed by atoms with E-state index in [0.29, 0.717) is 31.5 Å². The van der Waals surface area contributed by atoms with E-state index in [-0.39, 0.29) is 28.7 Å². The van der Waals surface area contributed by atoms with Crippen molar-refractivity contribution in [3.05, 3.63) is 64.3 Å². The first-order valence-electron chi connectivity index (χ1n) is 14.1. The van der Waals surface area contributed by atoms with Gasteiger partial charge in [-0.25, -0.2) is 9.97 Å². The highest BCUT2D eigenvalue weighted by Gasteiger charge is 2.55. The number of rotatable bonds is 6. The lowest BCUT2D eigenvalue weighted by Gasteiger charge is -2.46. The second kappa shape index (κ2) is 10.2. The van der Waals surface area contributed by atoms with Gasteiger partial charge in [-0.3, -0.25) is 4.79 Å². The molecule has 10 heteroatoms. The third-order valence-corrected chi connectivity index (χ3v) is 8.41. The fourth-order valence-electron chi connectivity index (χ4n) is 6.23. The lowest BCUT2D eigenvalue weighted by molar-refractivity contribution is -0.0893. The van der Waals surface area contributed by atoms with Crippen molar-refractivity contribution in [2.24, 2.45) is 0 Å². The molecule has 0 aliphatic carbocycles. The van der Waals surface area contributed by atoms with Crippen LogP contribution in [0.4, 0.5) is 23.3 Å². The zero-order valence-electron chi connectivity index (χ0n) is 24.1. The predicted octanol–water partition coefficient (Wildman–Crippen LogP) is 4.17. The van der Waals surface area contributed by atoms with Crippen LogP contribution >= 0.6 is 0 Å². The van der Waals surface area contributed by atoms with Crippen molar-refractivity contribution < 1.29 is 9.47 Å². The Morgan fingerprint density at radius 1 is 1.12 bits per heavy atom. The maximum Gasteiger partial charge on any atom is 0.252 e. The molecule has 0 radical (unpaired) electrons. The number of ether oxygens (including phenoxy) is 2. The van der Waals surface area contributed by atoms with Crippen LogP contribution in [0.1, 0.15) is 57.3 Å². The minimum atomic E-state index is -0.285. The van der Waals surface area contributed by atoms with Crippen LogP contribution in [0.5, 0.6) is 0 Å². The number of aromatic nitrogens is 4. The Hall–Kier alpha value is -3.34. The van der Waals surface area contributed by atoms with E-state index in [0.717, 1.165) is 48.7 Å². The van der Waals surface area contributed by atoms with Crippen LogP contribution in [-0.4, -0.2) is 70.0 Å². The van der Waals surface area contributed by atoms with Gasteiger partial charge in [-0.05, 0) is 65.4 Å². The average Bonchev–Trinajstić information content (AvgIpc) is 3.16. The lowest BCUT2D eigenvalue weighted by atomic mass is 9.73. The molecule has 3 aliphatic heterocycles. The molecule has 212 valence electrons. The van der Waals surface area contributed by atoms with Gasteiger partial charge in [0.15, 0.2) is 0 Å². The van der Waals surface area contributed by atoms with Crippen molar-refractivity contribution in [3.8, 4) is 0 Å². The van der Waals surface area contributed by atoms with Crippen molar-refractivity contribution in [1.82, 2.24) is 24.4 Å². The Kier molecular flexibility index (Phi) is 6.88. The van der Waals surface area contributed by atoms with Crippen molar-refractivity contribution in [3.63, 3.8) is 0 Å². The maximum absolute atomic E-state index is 12.9. The van der Waals surface area contributed by atoms with Crippen LogP contribution in [0, 0.1) is 0 Å². The van der Waals surface area contributed by atoms with E-state index < -0.39 is 0 Å². The number of nitrogens with zero attached hydrogens (tertiary/aromatic N) is 6. The van der Waals surface area contributed by atoms with Gasteiger partial charge in [0.2, 0.25) is 5.95 Å². The van der Waals surface area contributed by atoms with Gasteiger partial charge >= 0.3 is 0 Å². The second-order valence-corrected chi connectivity index (χ2v) is 12.3. The molecule has 0 spiro atoms. The molecule has 10 nitrogen and oxygen atoms in total. The predicted molar refractivity (Wildman–Crippen MR) is 155 cm³/mol. The summed E-state index contributed by atoms with van der Waals surface area (Å²) in [4.78, 5) is 32.1. The Bertz CT molecular complexity index is 1450. The van der Waals surface area contributed by atoms with Gasteiger partial charge in [-0.1, -0.05) is 13.0 Å². The molecule has 6 rings (SSSR count). The summed E-state index contributed by atoms with van der Waals surface area (Å²) in [6.45, 7) is 9.22. The highest BCUT2D eigenvalue weighted by atomic mass is 16.5. The lowest BCUT2D eigenvalue weighted by Crippen LogP contribution is -2.54. The molecule has 0 bridgehead atoms. The summed E-state index contributed by atoms with van der Waals surface area (Å²) < 4.78 is 13.6. The molecule has 0 aromatic carbocycles. The van der Waals surface area contributed by atoms with Gasteiger partial charge < -0.3 is 29.2 Å². The molecule has 3 aromatic heterocycles. The Morgan fingerprint density at radius 3 is 2.67 bits per heavy atom. The standard InChI is InChI=1S/C30H39N7O3/c1-29(2)16-24-30(3,19-40-29)23-17-31-28(33-20-9-12-36(26(38)15-20)22-10-13-39-14-11-22)34-27(23)37(24)25-8-6-7-21(32-25)18-35(4)5/h6-9,12,15,17,22,24H,10-11,13-14,16,18-19H2,1-5H3,(H,31,33,34)/t24-,30-/m1/s1. The summed E-state index contributed by atoms with van der Waals surface area (Å²) in [5.41, 5.74) is 2.12. The van der Waals surface area contributed by atoms with Gasteiger partial charge in [0, 0.05) is 60.9 Å². The Labute approximate surface area is 235 Å². The zero-order chi connectivity index (χ0) is 28.1. The van der Waals surface area contributed by atoms with E-state index >= 15 is 0 Å². The molecule has 40 heavy (non-hydrogen) atoms. The molecule has 6 heterocycles. The molecular formula is C30H39N7O3. The number of anilines is 4. The quantitative estimate of drug-likeness (QED) is 0.489. The van der Waals surface area contributed by atoms with Crippen molar-refractivity contribution in [2.45, 2.75) is 69.7 Å². The van der Waals surface area contributed by atoms with Gasteiger partial charge in [0.25, 0.3) is 5.56 Å². The van der Waals surface area contributed by atoms with Crippen molar-refractivity contribution in [2.75, 3.05) is 44.1 Å². The fourth-order valence-corrected chi connectivity index (χ4v) is 6.23. The molecule has 1 N–H and O–H groups in total. The molecular weight excluding hydrogens is 506 g/mol. The first-order chi connectivity index (χ1) is 19.1. The molecule has 2 saturated heterocycles. The van der Waals surface area contributed by atoms with E-state index in [9.17, 15) is 4.79 Å². The molecule has 0 amide bonds. The minimum absolute atomic E-state index is 0.0421. The number of fused-ring (bicyclic) bond motifs is 3. The number of hydrogen-bond donors (Lipinski definition) is 1. The first kappa shape index (κ1) is 26.9. The van der Waals surface area contributed by atoms with Crippen LogP contribution in [0.25, 0.3) is 0 Å².